The van der Waals surface area contributed by atoms with Crippen LogP contribution >= 0.6 is 0 Å². The summed E-state index contributed by atoms with van der Waals surface area (Å²) in [7, 11) is 0. The molecule has 0 bridgehead atoms. The summed E-state index contributed by atoms with van der Waals surface area (Å²) in [4.78, 5) is 27.6. The molecule has 0 radical (unpaired) electrons. The molecule has 2 heterocycles. The van der Waals surface area contributed by atoms with Crippen molar-refractivity contribution >= 4 is 17.4 Å². The van der Waals surface area contributed by atoms with Gasteiger partial charge in [0.2, 0.25) is 0 Å². The Morgan fingerprint density at radius 3 is 2.55 bits per heavy atom. The number of Topliss-reactive ketones (excluding diaryl/α,β-unsaturated/α-hetero) is 1. The minimum absolute atomic E-state index is 0.0867. The van der Waals surface area contributed by atoms with Crippen LogP contribution in [0.1, 0.15) is 17.4 Å². The van der Waals surface area contributed by atoms with E-state index in [2.05, 4.69) is 4.98 Å². The predicted molar refractivity (Wildman–Crippen MR) is 81.6 cm³/mol. The minimum atomic E-state index is -0.880. The second kappa shape index (κ2) is 5.81. The third-order valence-corrected chi connectivity index (χ3v) is 3.25. The van der Waals surface area contributed by atoms with Gasteiger partial charge in [-0.25, -0.2) is 9.78 Å². The van der Waals surface area contributed by atoms with Gasteiger partial charge < -0.3 is 9.14 Å². The Kier molecular flexibility index (Phi) is 3.70. The van der Waals surface area contributed by atoms with Crippen molar-refractivity contribution in [2.45, 2.75) is 6.92 Å². The van der Waals surface area contributed by atoms with Gasteiger partial charge in [-0.2, -0.15) is 0 Å². The van der Waals surface area contributed by atoms with E-state index in [1.165, 1.54) is 0 Å². The summed E-state index contributed by atoms with van der Waals surface area (Å²) in [5.74, 6) is -1.61. The molecular weight excluding hydrogens is 280 g/mol. The number of esters is 1. The van der Waals surface area contributed by atoms with Crippen LogP contribution < -0.4 is 0 Å². The summed E-state index contributed by atoms with van der Waals surface area (Å²) >= 11 is 0. The highest BCUT2D eigenvalue weighted by Crippen LogP contribution is 2.20. The lowest BCUT2D eigenvalue weighted by Crippen LogP contribution is -2.17. The third kappa shape index (κ3) is 2.61. The fourth-order valence-electron chi connectivity index (χ4n) is 2.20. The summed E-state index contributed by atoms with van der Waals surface area (Å²) in [5, 5.41) is 0. The van der Waals surface area contributed by atoms with E-state index in [0.29, 0.717) is 5.65 Å². The van der Waals surface area contributed by atoms with Gasteiger partial charge in [-0.15, -0.1) is 0 Å². The summed E-state index contributed by atoms with van der Waals surface area (Å²) in [6.45, 7) is 1.82. The number of rotatable bonds is 4. The van der Waals surface area contributed by atoms with Crippen LogP contribution in [-0.2, 0) is 9.53 Å². The average molecular weight is 294 g/mol. The highest BCUT2D eigenvalue weighted by Gasteiger charge is 2.20. The zero-order chi connectivity index (χ0) is 15.5. The highest BCUT2D eigenvalue weighted by atomic mass is 16.5. The molecule has 0 saturated carbocycles. The van der Waals surface area contributed by atoms with Crippen molar-refractivity contribution < 1.29 is 14.3 Å². The maximum atomic E-state index is 11.9. The largest absolute Gasteiger partial charge is 0.460 e. The number of carbonyl (C=O) groups is 2. The Hall–Kier alpha value is -2.95. The lowest BCUT2D eigenvalue weighted by molar-refractivity contribution is -0.137. The molecule has 0 spiro atoms. The number of aromatic nitrogens is 2. The van der Waals surface area contributed by atoms with Crippen LogP contribution in [0.2, 0.25) is 0 Å². The van der Waals surface area contributed by atoms with Crippen LogP contribution in [0.25, 0.3) is 16.8 Å². The Morgan fingerprint density at radius 2 is 1.82 bits per heavy atom. The minimum Gasteiger partial charge on any atom is -0.460 e. The first-order chi connectivity index (χ1) is 10.7. The number of nitrogens with zero attached hydrogens (tertiary/aromatic N) is 2. The molecule has 0 saturated heterocycles. The summed E-state index contributed by atoms with van der Waals surface area (Å²) in [6.07, 6.45) is 3.42. The number of pyridine rings is 1. The van der Waals surface area contributed by atoms with E-state index in [0.717, 1.165) is 11.1 Å². The van der Waals surface area contributed by atoms with Crippen LogP contribution in [0, 0.1) is 0 Å². The van der Waals surface area contributed by atoms with E-state index in [4.69, 9.17) is 4.74 Å². The number of imidazole rings is 1. The molecule has 110 valence electrons. The molecule has 0 unspecified atom stereocenters. The summed E-state index contributed by atoms with van der Waals surface area (Å²) < 4.78 is 6.44. The number of hydrogen-bond donors (Lipinski definition) is 0. The van der Waals surface area contributed by atoms with Crippen molar-refractivity contribution in [2.75, 3.05) is 6.61 Å². The Balaban J connectivity index is 1.97. The lowest BCUT2D eigenvalue weighted by atomic mass is 10.1. The van der Waals surface area contributed by atoms with Crippen LogP contribution in [0.5, 0.6) is 0 Å². The van der Waals surface area contributed by atoms with Gasteiger partial charge in [0.05, 0.1) is 6.61 Å². The first-order valence-electron chi connectivity index (χ1n) is 6.94. The van der Waals surface area contributed by atoms with Gasteiger partial charge in [-0.05, 0) is 30.2 Å². The maximum Gasteiger partial charge on any atom is 0.381 e. The number of ketones is 1. The molecule has 0 atom stereocenters. The van der Waals surface area contributed by atoms with E-state index in [1.807, 2.05) is 48.7 Å². The van der Waals surface area contributed by atoms with Crippen LogP contribution in [0.4, 0.5) is 0 Å². The van der Waals surface area contributed by atoms with Crippen molar-refractivity contribution in [3.63, 3.8) is 0 Å². The van der Waals surface area contributed by atoms with Crippen molar-refractivity contribution in [3.05, 3.63) is 60.6 Å². The van der Waals surface area contributed by atoms with Crippen molar-refractivity contribution in [2.24, 2.45) is 0 Å². The number of ether oxygens (including phenoxy) is 1. The molecule has 0 fully saturated rings. The first-order valence-corrected chi connectivity index (χ1v) is 6.94. The van der Waals surface area contributed by atoms with Gasteiger partial charge in [-0.1, -0.05) is 30.3 Å². The third-order valence-electron chi connectivity index (χ3n) is 3.25. The van der Waals surface area contributed by atoms with E-state index >= 15 is 0 Å². The van der Waals surface area contributed by atoms with Crippen molar-refractivity contribution in [1.29, 1.82) is 0 Å². The Labute approximate surface area is 127 Å². The monoisotopic (exact) mass is 294 g/mol. The standard InChI is InChI=1S/C17H14N2O3/c1-2-22-17(21)16(20)14-11-19-10-13(8-9-15(19)18-14)12-6-4-3-5-7-12/h3-11H,2H2,1H3. The quantitative estimate of drug-likeness (QED) is 0.422. The van der Waals surface area contributed by atoms with Gasteiger partial charge >= 0.3 is 5.97 Å². The molecule has 0 amide bonds. The first kappa shape index (κ1) is 14.0. The second-order valence-corrected chi connectivity index (χ2v) is 4.73. The second-order valence-electron chi connectivity index (χ2n) is 4.73. The number of benzene rings is 1. The van der Waals surface area contributed by atoms with Gasteiger partial charge in [-0.3, -0.25) is 4.79 Å². The van der Waals surface area contributed by atoms with Gasteiger partial charge in [0.25, 0.3) is 5.78 Å². The Bertz CT molecular complexity index is 837. The lowest BCUT2D eigenvalue weighted by Gasteiger charge is -2.01. The molecule has 3 rings (SSSR count). The van der Waals surface area contributed by atoms with E-state index in [1.54, 1.807) is 17.5 Å². The van der Waals surface area contributed by atoms with E-state index in [-0.39, 0.29) is 12.3 Å². The number of fused-ring (bicyclic) bond motifs is 1. The van der Waals surface area contributed by atoms with Gasteiger partial charge in [0, 0.05) is 12.4 Å². The van der Waals surface area contributed by atoms with Crippen molar-refractivity contribution in [1.82, 2.24) is 9.38 Å². The van der Waals surface area contributed by atoms with Gasteiger partial charge in [0.1, 0.15) is 11.3 Å². The fraction of sp³-hybridized carbons (Fsp3) is 0.118. The molecule has 5 heteroatoms. The van der Waals surface area contributed by atoms with Gasteiger partial charge in [0.15, 0.2) is 0 Å². The fourth-order valence-corrected chi connectivity index (χ4v) is 2.20. The smallest absolute Gasteiger partial charge is 0.381 e. The molecular formula is C17H14N2O3. The summed E-state index contributed by atoms with van der Waals surface area (Å²) in [6, 6.07) is 13.6. The van der Waals surface area contributed by atoms with Crippen LogP contribution in [0.3, 0.4) is 0 Å². The molecule has 2 aromatic heterocycles. The zero-order valence-electron chi connectivity index (χ0n) is 12.0. The van der Waals surface area contributed by atoms with Crippen LogP contribution in [-0.4, -0.2) is 27.7 Å². The number of carbonyl (C=O) groups excluding carboxylic acids is 2. The predicted octanol–water partition coefficient (Wildman–Crippen LogP) is 2.75. The molecule has 5 nitrogen and oxygen atoms in total. The molecule has 0 aliphatic carbocycles. The van der Waals surface area contributed by atoms with Crippen molar-refractivity contribution in [3.8, 4) is 11.1 Å². The van der Waals surface area contributed by atoms with E-state index < -0.39 is 11.8 Å². The molecule has 0 aliphatic heterocycles. The SMILES string of the molecule is CCOC(=O)C(=O)c1cn2cc(-c3ccccc3)ccc2n1. The molecule has 0 aliphatic rings. The average Bonchev–Trinajstić information content (AvgIpc) is 2.98. The molecule has 0 N–H and O–H groups in total. The van der Waals surface area contributed by atoms with Crippen LogP contribution in [0.15, 0.2) is 54.9 Å². The molecule has 3 aromatic rings. The summed E-state index contributed by atoms with van der Waals surface area (Å²) in [5.41, 5.74) is 2.76. The maximum absolute atomic E-state index is 11.9. The number of hydrogen-bond acceptors (Lipinski definition) is 4. The van der Waals surface area contributed by atoms with E-state index in [9.17, 15) is 9.59 Å². The Morgan fingerprint density at radius 1 is 1.05 bits per heavy atom. The normalized spacial score (nSPS) is 10.6. The zero-order valence-corrected chi connectivity index (χ0v) is 12.0. The topological polar surface area (TPSA) is 60.7 Å². The highest BCUT2D eigenvalue weighted by molar-refractivity contribution is 6.40. The molecule has 22 heavy (non-hydrogen) atoms. The molecule has 1 aromatic carbocycles.